The first-order chi connectivity index (χ1) is 5.57. The van der Waals surface area contributed by atoms with Gasteiger partial charge in [-0.2, -0.15) is 0 Å². The molecule has 0 saturated heterocycles. The van der Waals surface area contributed by atoms with E-state index < -0.39 is 31.1 Å². The second-order valence-electron chi connectivity index (χ2n) is 3.78. The second kappa shape index (κ2) is 3.78. The van der Waals surface area contributed by atoms with Crippen LogP contribution in [0.25, 0.3) is 0 Å². The molecular formula is C7H15O5P. The van der Waals surface area contributed by atoms with Crippen molar-refractivity contribution in [3.63, 3.8) is 0 Å². The molecule has 0 spiro atoms. The number of hydrogen-bond acceptors (Lipinski definition) is 2. The first-order valence-electron chi connectivity index (χ1n) is 3.85. The summed E-state index contributed by atoms with van der Waals surface area (Å²) in [5.74, 6) is -1.61. The maximum atomic E-state index is 10.7. The van der Waals surface area contributed by atoms with Gasteiger partial charge in [0.15, 0.2) is 0 Å². The summed E-state index contributed by atoms with van der Waals surface area (Å²) < 4.78 is 10.6. The van der Waals surface area contributed by atoms with Gasteiger partial charge in [-0.15, -0.1) is 0 Å². The van der Waals surface area contributed by atoms with Gasteiger partial charge in [-0.3, -0.25) is 9.36 Å². The van der Waals surface area contributed by atoms with Crippen molar-refractivity contribution in [1.29, 1.82) is 0 Å². The van der Waals surface area contributed by atoms with Crippen molar-refractivity contribution in [2.45, 2.75) is 20.8 Å². The Morgan fingerprint density at radius 2 is 1.85 bits per heavy atom. The minimum atomic E-state index is -4.12. The van der Waals surface area contributed by atoms with Gasteiger partial charge < -0.3 is 14.9 Å². The number of carboxylic acids is 1. The Morgan fingerprint density at radius 3 is 2.08 bits per heavy atom. The number of rotatable bonds is 4. The normalized spacial score (nSPS) is 15.5. The van der Waals surface area contributed by atoms with Gasteiger partial charge in [0.1, 0.15) is 0 Å². The molecule has 1 atom stereocenters. The summed E-state index contributed by atoms with van der Waals surface area (Å²) in [6.07, 6.45) is -0.397. The smallest absolute Gasteiger partial charge is 0.325 e. The summed E-state index contributed by atoms with van der Waals surface area (Å²) in [6, 6.07) is 0. The summed E-state index contributed by atoms with van der Waals surface area (Å²) in [4.78, 5) is 28.0. The summed E-state index contributed by atoms with van der Waals surface area (Å²) in [7, 11) is -4.12. The Kier molecular flexibility index (Phi) is 3.67. The van der Waals surface area contributed by atoms with Crippen molar-refractivity contribution < 1.29 is 24.3 Å². The molecule has 0 aliphatic carbocycles. The largest absolute Gasteiger partial charge is 0.481 e. The highest BCUT2D eigenvalue weighted by Crippen LogP contribution is 2.42. The molecule has 3 N–H and O–H groups in total. The van der Waals surface area contributed by atoms with Crippen LogP contribution in [-0.4, -0.2) is 27.0 Å². The van der Waals surface area contributed by atoms with Crippen LogP contribution in [0.2, 0.25) is 0 Å². The van der Waals surface area contributed by atoms with Gasteiger partial charge in [-0.1, -0.05) is 6.92 Å². The lowest BCUT2D eigenvalue weighted by Gasteiger charge is -2.27. The number of aliphatic carboxylic acids is 1. The van der Waals surface area contributed by atoms with Gasteiger partial charge in [0, 0.05) is 0 Å². The van der Waals surface area contributed by atoms with Crippen LogP contribution in [0.1, 0.15) is 20.8 Å². The molecule has 0 heterocycles. The maximum absolute atomic E-state index is 10.7. The van der Waals surface area contributed by atoms with Crippen LogP contribution in [-0.2, 0) is 9.36 Å². The molecular weight excluding hydrogens is 195 g/mol. The highest BCUT2D eigenvalue weighted by atomic mass is 31.2. The minimum absolute atomic E-state index is 0.397. The number of carboxylic acid groups (broad SMARTS) is 1. The standard InChI is InChI=1S/C7H15O5P/c1-5(4-13(10,11)12)7(2,3)6(8)9/h5H,4H2,1-3H3,(H,8,9)(H2,10,11,12). The first-order valence-corrected chi connectivity index (χ1v) is 5.65. The van der Waals surface area contributed by atoms with E-state index in [0.717, 1.165) is 0 Å². The van der Waals surface area contributed by atoms with E-state index in [9.17, 15) is 9.36 Å². The summed E-state index contributed by atoms with van der Waals surface area (Å²) in [5, 5.41) is 8.76. The molecule has 0 aromatic rings. The fraction of sp³-hybridized carbons (Fsp3) is 0.857. The van der Waals surface area contributed by atoms with Crippen molar-refractivity contribution in [3.8, 4) is 0 Å². The predicted octanol–water partition coefficient (Wildman–Crippen LogP) is 0.911. The Hall–Kier alpha value is -0.380. The molecule has 1 unspecified atom stereocenters. The number of carbonyl (C=O) groups is 1. The number of hydrogen-bond donors (Lipinski definition) is 3. The summed E-state index contributed by atoms with van der Waals surface area (Å²) in [5.41, 5.74) is -1.11. The molecule has 0 aromatic heterocycles. The zero-order valence-electron chi connectivity index (χ0n) is 7.89. The van der Waals surface area contributed by atoms with Crippen molar-refractivity contribution in [2.75, 3.05) is 6.16 Å². The molecule has 0 amide bonds. The summed E-state index contributed by atoms with van der Waals surface area (Å²) >= 11 is 0. The van der Waals surface area contributed by atoms with E-state index in [1.165, 1.54) is 20.8 Å². The molecule has 0 saturated carbocycles. The Balaban J connectivity index is 4.52. The third kappa shape index (κ3) is 3.89. The third-order valence-corrected chi connectivity index (χ3v) is 3.32. The zero-order chi connectivity index (χ0) is 10.9. The van der Waals surface area contributed by atoms with Crippen LogP contribution in [0.5, 0.6) is 0 Å². The van der Waals surface area contributed by atoms with E-state index in [2.05, 4.69) is 0 Å². The lowest BCUT2D eigenvalue weighted by Crippen LogP contribution is -2.33. The Morgan fingerprint density at radius 1 is 1.46 bits per heavy atom. The van der Waals surface area contributed by atoms with Crippen LogP contribution in [0.4, 0.5) is 0 Å². The van der Waals surface area contributed by atoms with Gasteiger partial charge in [-0.25, -0.2) is 0 Å². The molecule has 0 bridgehead atoms. The molecule has 0 aliphatic heterocycles. The van der Waals surface area contributed by atoms with Gasteiger partial charge in [-0.05, 0) is 19.8 Å². The van der Waals surface area contributed by atoms with Crippen LogP contribution in [0.3, 0.4) is 0 Å². The van der Waals surface area contributed by atoms with Crippen LogP contribution in [0.15, 0.2) is 0 Å². The highest BCUT2D eigenvalue weighted by Gasteiger charge is 2.37. The van der Waals surface area contributed by atoms with Crippen molar-refractivity contribution in [2.24, 2.45) is 11.3 Å². The predicted molar refractivity (Wildman–Crippen MR) is 47.5 cm³/mol. The molecule has 0 aliphatic rings. The maximum Gasteiger partial charge on any atom is 0.325 e. The Bertz CT molecular complexity index is 241. The molecule has 6 heteroatoms. The molecule has 0 fully saturated rings. The summed E-state index contributed by atoms with van der Waals surface area (Å²) in [6.45, 7) is 4.43. The monoisotopic (exact) mass is 210 g/mol. The highest BCUT2D eigenvalue weighted by molar-refractivity contribution is 7.51. The van der Waals surface area contributed by atoms with E-state index in [1.54, 1.807) is 0 Å². The first kappa shape index (κ1) is 12.6. The fourth-order valence-electron chi connectivity index (χ4n) is 0.796. The van der Waals surface area contributed by atoms with Gasteiger partial charge >= 0.3 is 13.6 Å². The molecule has 5 nitrogen and oxygen atoms in total. The fourth-order valence-corrected chi connectivity index (χ4v) is 1.97. The third-order valence-electron chi connectivity index (χ3n) is 2.29. The van der Waals surface area contributed by atoms with Crippen LogP contribution >= 0.6 is 7.60 Å². The van der Waals surface area contributed by atoms with Gasteiger partial charge in [0.2, 0.25) is 0 Å². The van der Waals surface area contributed by atoms with Crippen LogP contribution in [0, 0.1) is 11.3 Å². The van der Waals surface area contributed by atoms with E-state index >= 15 is 0 Å². The SMILES string of the molecule is CC(CP(=O)(O)O)C(C)(C)C(=O)O. The molecule has 0 rings (SSSR count). The van der Waals surface area contributed by atoms with E-state index in [0.29, 0.717) is 0 Å². The van der Waals surface area contributed by atoms with E-state index in [-0.39, 0.29) is 0 Å². The minimum Gasteiger partial charge on any atom is -0.481 e. The molecule has 0 aromatic carbocycles. The average molecular weight is 210 g/mol. The zero-order valence-corrected chi connectivity index (χ0v) is 8.78. The lowest BCUT2D eigenvalue weighted by molar-refractivity contribution is -0.149. The van der Waals surface area contributed by atoms with Crippen LogP contribution < -0.4 is 0 Å². The van der Waals surface area contributed by atoms with Crippen molar-refractivity contribution in [3.05, 3.63) is 0 Å². The topological polar surface area (TPSA) is 94.8 Å². The molecule has 0 radical (unpaired) electrons. The van der Waals surface area contributed by atoms with E-state index in [1.807, 2.05) is 0 Å². The van der Waals surface area contributed by atoms with Gasteiger partial charge in [0.05, 0.1) is 11.6 Å². The van der Waals surface area contributed by atoms with Crippen molar-refractivity contribution in [1.82, 2.24) is 0 Å². The average Bonchev–Trinajstić information content (AvgIpc) is 1.82. The Labute approximate surface area is 76.9 Å². The second-order valence-corrected chi connectivity index (χ2v) is 5.47. The lowest BCUT2D eigenvalue weighted by atomic mass is 9.81. The van der Waals surface area contributed by atoms with Gasteiger partial charge in [0.25, 0.3) is 0 Å². The van der Waals surface area contributed by atoms with Crippen molar-refractivity contribution >= 4 is 13.6 Å². The molecule has 13 heavy (non-hydrogen) atoms. The molecule has 78 valence electrons. The quantitative estimate of drug-likeness (QED) is 0.599. The van der Waals surface area contributed by atoms with E-state index in [4.69, 9.17) is 14.9 Å².